The van der Waals surface area contributed by atoms with Crippen molar-refractivity contribution in [1.82, 2.24) is 4.90 Å². The van der Waals surface area contributed by atoms with Crippen LogP contribution in [0.1, 0.15) is 17.5 Å². The summed E-state index contributed by atoms with van der Waals surface area (Å²) in [5.41, 5.74) is 1.65. The second kappa shape index (κ2) is 7.49. The zero-order chi connectivity index (χ0) is 16.1. The Morgan fingerprint density at radius 2 is 1.68 bits per heavy atom. The van der Waals surface area contributed by atoms with Crippen LogP contribution in [0.5, 0.6) is 0 Å². The van der Waals surface area contributed by atoms with E-state index in [4.69, 9.17) is 0 Å². The van der Waals surface area contributed by atoms with Gasteiger partial charge in [0, 0.05) is 24.5 Å². The molecule has 0 spiro atoms. The number of hydrogen-bond donors (Lipinski definition) is 0. The van der Waals surface area contributed by atoms with Crippen molar-refractivity contribution in [3.8, 4) is 0 Å². The molecule has 116 valence electrons. The number of rotatable bonds is 5. The van der Waals surface area contributed by atoms with E-state index in [0.29, 0.717) is 18.5 Å². The molecule has 2 aromatic rings. The smallest absolute Gasteiger partial charge is 0.222 e. The fraction of sp³-hybridized carbons (Fsp3) is 0.235. The van der Waals surface area contributed by atoms with Gasteiger partial charge in [-0.15, -0.1) is 0 Å². The Balaban J connectivity index is 1.88. The van der Waals surface area contributed by atoms with Crippen LogP contribution < -0.4 is 0 Å². The van der Waals surface area contributed by atoms with E-state index < -0.39 is 11.6 Å². The second-order valence-electron chi connectivity index (χ2n) is 5.12. The first-order chi connectivity index (χ1) is 10.5. The highest BCUT2D eigenvalue weighted by Gasteiger charge is 2.10. The van der Waals surface area contributed by atoms with Crippen LogP contribution in [-0.4, -0.2) is 17.9 Å². The predicted octanol–water partition coefficient (Wildman–Crippen LogP) is 4.32. The topological polar surface area (TPSA) is 20.3 Å². The molecule has 0 radical (unpaired) electrons. The fourth-order valence-electron chi connectivity index (χ4n) is 2.09. The van der Waals surface area contributed by atoms with Crippen LogP contribution >= 0.6 is 15.9 Å². The van der Waals surface area contributed by atoms with E-state index in [2.05, 4.69) is 15.9 Å². The SMILES string of the molecule is CN(Cc1ccc(Br)cc1)C(=O)CCc1ccc(F)c(F)c1. The molecule has 0 N–H and O–H groups in total. The van der Waals surface area contributed by atoms with E-state index in [-0.39, 0.29) is 12.3 Å². The van der Waals surface area contributed by atoms with Crippen molar-refractivity contribution in [1.29, 1.82) is 0 Å². The average Bonchev–Trinajstić information content (AvgIpc) is 2.50. The Morgan fingerprint density at radius 3 is 2.32 bits per heavy atom. The number of carbonyl (C=O) groups excluding carboxylic acids is 1. The molecule has 22 heavy (non-hydrogen) atoms. The third kappa shape index (κ3) is 4.63. The third-order valence-electron chi connectivity index (χ3n) is 3.37. The molecule has 5 heteroatoms. The molecule has 0 bridgehead atoms. The maximum atomic E-state index is 13.1. The monoisotopic (exact) mass is 367 g/mol. The van der Waals surface area contributed by atoms with Crippen molar-refractivity contribution in [3.63, 3.8) is 0 Å². The van der Waals surface area contributed by atoms with E-state index in [0.717, 1.165) is 22.2 Å². The van der Waals surface area contributed by atoms with Gasteiger partial charge in [-0.05, 0) is 41.8 Å². The number of amides is 1. The summed E-state index contributed by atoms with van der Waals surface area (Å²) in [5.74, 6) is -1.79. The van der Waals surface area contributed by atoms with Crippen LogP contribution in [0.3, 0.4) is 0 Å². The fourth-order valence-corrected chi connectivity index (χ4v) is 2.35. The summed E-state index contributed by atoms with van der Waals surface area (Å²) in [4.78, 5) is 13.7. The van der Waals surface area contributed by atoms with Gasteiger partial charge in [-0.1, -0.05) is 34.1 Å². The Morgan fingerprint density at radius 1 is 1.05 bits per heavy atom. The maximum absolute atomic E-state index is 13.1. The van der Waals surface area contributed by atoms with Crippen LogP contribution in [0.15, 0.2) is 46.9 Å². The zero-order valence-electron chi connectivity index (χ0n) is 12.2. The van der Waals surface area contributed by atoms with Crippen molar-refractivity contribution >= 4 is 21.8 Å². The lowest BCUT2D eigenvalue weighted by molar-refractivity contribution is -0.130. The van der Waals surface area contributed by atoms with E-state index in [9.17, 15) is 13.6 Å². The lowest BCUT2D eigenvalue weighted by Crippen LogP contribution is -2.26. The Bertz CT molecular complexity index is 658. The molecular formula is C17H16BrF2NO. The minimum atomic E-state index is -0.881. The maximum Gasteiger partial charge on any atom is 0.222 e. The minimum Gasteiger partial charge on any atom is -0.341 e. The summed E-state index contributed by atoms with van der Waals surface area (Å²) in [6.45, 7) is 0.518. The van der Waals surface area contributed by atoms with Gasteiger partial charge in [0.25, 0.3) is 0 Å². The van der Waals surface area contributed by atoms with Crippen LogP contribution in [0.2, 0.25) is 0 Å². The summed E-state index contributed by atoms with van der Waals surface area (Å²) < 4.78 is 26.9. The quantitative estimate of drug-likeness (QED) is 0.770. The lowest BCUT2D eigenvalue weighted by Gasteiger charge is -2.17. The summed E-state index contributed by atoms with van der Waals surface area (Å²) in [6.07, 6.45) is 0.652. The molecule has 0 atom stereocenters. The highest BCUT2D eigenvalue weighted by molar-refractivity contribution is 9.10. The summed E-state index contributed by atoms with van der Waals surface area (Å²) >= 11 is 3.36. The summed E-state index contributed by atoms with van der Waals surface area (Å²) in [6, 6.07) is 11.5. The molecule has 0 aromatic heterocycles. The number of nitrogens with zero attached hydrogens (tertiary/aromatic N) is 1. The molecule has 0 saturated heterocycles. The normalized spacial score (nSPS) is 10.5. The molecule has 0 aliphatic carbocycles. The second-order valence-corrected chi connectivity index (χ2v) is 6.04. The number of carbonyl (C=O) groups is 1. The molecule has 0 saturated carbocycles. The Labute approximate surface area is 136 Å². The molecule has 1 amide bonds. The van der Waals surface area contributed by atoms with Gasteiger partial charge in [-0.25, -0.2) is 8.78 Å². The standard InChI is InChI=1S/C17H16BrF2NO/c1-21(11-13-2-6-14(18)7-3-13)17(22)9-5-12-4-8-15(19)16(20)10-12/h2-4,6-8,10H,5,9,11H2,1H3. The van der Waals surface area contributed by atoms with Crippen LogP contribution in [0.4, 0.5) is 8.78 Å². The summed E-state index contributed by atoms with van der Waals surface area (Å²) in [5, 5.41) is 0. The van der Waals surface area contributed by atoms with Crippen LogP contribution in [-0.2, 0) is 17.8 Å². The molecular weight excluding hydrogens is 352 g/mol. The van der Waals surface area contributed by atoms with Gasteiger partial charge in [0.05, 0.1) is 0 Å². The van der Waals surface area contributed by atoms with Crippen molar-refractivity contribution in [3.05, 3.63) is 69.7 Å². The van der Waals surface area contributed by atoms with Crippen LogP contribution in [0.25, 0.3) is 0 Å². The van der Waals surface area contributed by atoms with E-state index >= 15 is 0 Å². The van der Waals surface area contributed by atoms with Gasteiger partial charge < -0.3 is 4.90 Å². The van der Waals surface area contributed by atoms with Crippen molar-refractivity contribution in [2.75, 3.05) is 7.05 Å². The van der Waals surface area contributed by atoms with E-state index in [1.807, 2.05) is 24.3 Å². The average molecular weight is 368 g/mol. The third-order valence-corrected chi connectivity index (χ3v) is 3.90. The Kier molecular flexibility index (Phi) is 5.66. The van der Waals surface area contributed by atoms with Crippen molar-refractivity contribution in [2.45, 2.75) is 19.4 Å². The molecule has 0 heterocycles. The Hall–Kier alpha value is -1.75. The molecule has 0 fully saturated rings. The van der Waals surface area contributed by atoms with Gasteiger partial charge in [0.2, 0.25) is 5.91 Å². The largest absolute Gasteiger partial charge is 0.341 e. The number of halogens is 3. The van der Waals surface area contributed by atoms with Gasteiger partial charge in [0.1, 0.15) is 0 Å². The van der Waals surface area contributed by atoms with Crippen molar-refractivity contribution < 1.29 is 13.6 Å². The van der Waals surface area contributed by atoms with Crippen LogP contribution in [0, 0.1) is 11.6 Å². The first-order valence-corrected chi connectivity index (χ1v) is 7.67. The lowest BCUT2D eigenvalue weighted by atomic mass is 10.1. The molecule has 2 aromatic carbocycles. The van der Waals surface area contributed by atoms with Crippen molar-refractivity contribution in [2.24, 2.45) is 0 Å². The highest BCUT2D eigenvalue weighted by Crippen LogP contribution is 2.14. The minimum absolute atomic E-state index is 0.0346. The van der Waals surface area contributed by atoms with Gasteiger partial charge in [-0.2, -0.15) is 0 Å². The molecule has 2 rings (SSSR count). The van der Waals surface area contributed by atoms with E-state index in [1.54, 1.807) is 11.9 Å². The number of hydrogen-bond acceptors (Lipinski definition) is 1. The first-order valence-electron chi connectivity index (χ1n) is 6.88. The highest BCUT2D eigenvalue weighted by atomic mass is 79.9. The predicted molar refractivity (Wildman–Crippen MR) is 85.3 cm³/mol. The van der Waals surface area contributed by atoms with Gasteiger partial charge in [0.15, 0.2) is 11.6 Å². The zero-order valence-corrected chi connectivity index (χ0v) is 13.7. The first kappa shape index (κ1) is 16.6. The number of aryl methyl sites for hydroxylation is 1. The van der Waals surface area contributed by atoms with E-state index in [1.165, 1.54) is 6.07 Å². The number of benzene rings is 2. The van der Waals surface area contributed by atoms with Gasteiger partial charge in [-0.3, -0.25) is 4.79 Å². The molecule has 2 nitrogen and oxygen atoms in total. The van der Waals surface area contributed by atoms with Gasteiger partial charge >= 0.3 is 0 Å². The molecule has 0 aliphatic heterocycles. The molecule has 0 unspecified atom stereocenters. The summed E-state index contributed by atoms with van der Waals surface area (Å²) in [7, 11) is 1.73. The molecule has 0 aliphatic rings.